The Morgan fingerprint density at radius 1 is 0.528 bits per heavy atom. The molecule has 5 aromatic rings. The smallest absolute Gasteiger partial charge is 0.248 e. The van der Waals surface area contributed by atoms with E-state index in [2.05, 4.69) is 183 Å². The Balaban J connectivity index is 1.39. The minimum Gasteiger partial charge on any atom is -0.334 e. The second kappa shape index (κ2) is 11.2. The summed E-state index contributed by atoms with van der Waals surface area (Å²) in [5.41, 5.74) is 19.5. The minimum absolute atomic E-state index is 0.0209. The van der Waals surface area contributed by atoms with Gasteiger partial charge in [-0.25, -0.2) is 0 Å². The molecule has 4 aliphatic rings. The van der Waals surface area contributed by atoms with Crippen molar-refractivity contribution in [3.8, 4) is 11.1 Å². The van der Waals surface area contributed by atoms with Crippen LogP contribution in [-0.4, -0.2) is 12.3 Å². The second-order valence-electron chi connectivity index (χ2n) is 20.2. The van der Waals surface area contributed by atoms with Crippen LogP contribution < -0.4 is 26.2 Å². The zero-order valence-electron chi connectivity index (χ0n) is 34.0. The Labute approximate surface area is 319 Å². The Morgan fingerprint density at radius 2 is 1.17 bits per heavy atom. The molecule has 0 N–H and O–H groups in total. The van der Waals surface area contributed by atoms with Crippen LogP contribution in [0.3, 0.4) is 0 Å². The molecule has 2 unspecified atom stereocenters. The van der Waals surface area contributed by atoms with Gasteiger partial charge in [0.15, 0.2) is 0 Å². The van der Waals surface area contributed by atoms with Gasteiger partial charge >= 0.3 is 0 Å². The molecule has 1 saturated carbocycles. The van der Waals surface area contributed by atoms with Crippen molar-refractivity contribution in [1.29, 1.82) is 0 Å². The van der Waals surface area contributed by atoms with Crippen molar-refractivity contribution in [3.63, 3.8) is 0 Å². The number of benzene rings is 5. The number of fused-ring (bicyclic) bond motifs is 8. The number of para-hydroxylation sites is 1. The highest BCUT2D eigenvalue weighted by atomic mass is 15.3. The molecule has 0 spiro atoms. The molecule has 2 nitrogen and oxygen atoms in total. The molecule has 3 heteroatoms. The van der Waals surface area contributed by atoms with Crippen molar-refractivity contribution in [3.05, 3.63) is 119 Å². The molecule has 270 valence electrons. The summed E-state index contributed by atoms with van der Waals surface area (Å²) in [6, 6.07) is 38.6. The molecule has 0 saturated heterocycles. The minimum atomic E-state index is -0.0209. The van der Waals surface area contributed by atoms with E-state index in [0.717, 1.165) is 0 Å². The van der Waals surface area contributed by atoms with Crippen LogP contribution >= 0.6 is 0 Å². The van der Waals surface area contributed by atoms with E-state index in [-0.39, 0.29) is 33.9 Å². The van der Waals surface area contributed by atoms with Gasteiger partial charge < -0.3 is 9.80 Å². The summed E-state index contributed by atoms with van der Waals surface area (Å²) in [6.45, 7) is 26.4. The van der Waals surface area contributed by atoms with Gasteiger partial charge in [-0.15, -0.1) is 0 Å². The van der Waals surface area contributed by atoms with Crippen molar-refractivity contribution >= 4 is 51.5 Å². The third-order valence-corrected chi connectivity index (χ3v) is 13.9. The van der Waals surface area contributed by atoms with Gasteiger partial charge in [0, 0.05) is 33.9 Å². The molecule has 5 aromatic carbocycles. The molecule has 0 bridgehead atoms. The standard InChI is InChI=1S/C50H57BN2/c1-46(2,3)32-17-16-18-35(27-32)52-43-29-34(48(7,8)9)22-24-41(43)51-40-23-21-33(47(4,5)6)28-37(40)38-30-36(31-44(52)45(38)51)53-42-20-13-12-19-39(42)49(10)25-14-15-26-50(49,53)11/h12-13,16-24,27-31H,14-15,25-26H2,1-11H3. The molecule has 2 atom stereocenters. The maximum Gasteiger partial charge on any atom is 0.248 e. The molecule has 1 aliphatic carbocycles. The fourth-order valence-electron chi connectivity index (χ4n) is 10.5. The number of hydrogen-bond acceptors (Lipinski definition) is 2. The lowest BCUT2D eigenvalue weighted by atomic mass is 9.37. The van der Waals surface area contributed by atoms with Crippen molar-refractivity contribution in [2.24, 2.45) is 0 Å². The van der Waals surface area contributed by atoms with E-state index in [9.17, 15) is 0 Å². The predicted molar refractivity (Wildman–Crippen MR) is 230 cm³/mol. The summed E-state index contributed by atoms with van der Waals surface area (Å²) in [6.07, 6.45) is 4.97. The fourth-order valence-corrected chi connectivity index (χ4v) is 10.5. The topological polar surface area (TPSA) is 6.48 Å². The molecule has 1 fully saturated rings. The Morgan fingerprint density at radius 3 is 1.89 bits per heavy atom. The molecule has 0 radical (unpaired) electrons. The van der Waals surface area contributed by atoms with Crippen LogP contribution in [0.2, 0.25) is 0 Å². The average molecular weight is 697 g/mol. The highest BCUT2D eigenvalue weighted by Gasteiger charge is 2.58. The van der Waals surface area contributed by atoms with Gasteiger partial charge in [-0.1, -0.05) is 148 Å². The van der Waals surface area contributed by atoms with Crippen LogP contribution in [-0.2, 0) is 21.7 Å². The number of hydrogen-bond donors (Lipinski definition) is 0. The zero-order valence-corrected chi connectivity index (χ0v) is 34.0. The Bertz CT molecular complexity index is 2310. The molecular formula is C50H57BN2. The predicted octanol–water partition coefficient (Wildman–Crippen LogP) is 11.6. The van der Waals surface area contributed by atoms with Crippen LogP contribution in [0.4, 0.5) is 28.4 Å². The van der Waals surface area contributed by atoms with Crippen molar-refractivity contribution in [2.45, 2.75) is 129 Å². The van der Waals surface area contributed by atoms with Crippen molar-refractivity contribution < 1.29 is 0 Å². The average Bonchev–Trinajstić information content (AvgIpc) is 3.54. The summed E-state index contributed by atoms with van der Waals surface area (Å²) >= 11 is 0. The van der Waals surface area contributed by atoms with E-state index in [1.807, 2.05) is 0 Å². The highest BCUT2D eigenvalue weighted by molar-refractivity contribution is 7.01. The van der Waals surface area contributed by atoms with E-state index >= 15 is 0 Å². The zero-order chi connectivity index (χ0) is 37.5. The van der Waals surface area contributed by atoms with Gasteiger partial charge in [0.2, 0.25) is 6.71 Å². The molecule has 0 aromatic heterocycles. The van der Waals surface area contributed by atoms with Crippen LogP contribution in [0, 0.1) is 0 Å². The third kappa shape index (κ3) is 4.91. The SMILES string of the molecule is CC(C)(C)c1cccc(N2c3cc(C(C)(C)C)ccc3B3c4ccc(C(C)(C)C)cc4-c4cc(N5c6ccccc6C6(C)CCCCC56C)cc2c43)c1. The highest BCUT2D eigenvalue weighted by Crippen LogP contribution is 2.61. The van der Waals surface area contributed by atoms with Crippen LogP contribution in [0.15, 0.2) is 97.1 Å². The fraction of sp³-hybridized carbons (Fsp3) is 0.400. The quantitative estimate of drug-likeness (QED) is 0.166. The van der Waals surface area contributed by atoms with Gasteiger partial charge in [0.05, 0.1) is 5.54 Å². The molecule has 3 aliphatic heterocycles. The molecule has 0 amide bonds. The second-order valence-corrected chi connectivity index (χ2v) is 20.2. The lowest BCUT2D eigenvalue weighted by Crippen LogP contribution is -2.56. The van der Waals surface area contributed by atoms with Gasteiger partial charge in [-0.05, 0) is 117 Å². The van der Waals surface area contributed by atoms with Crippen LogP contribution in [0.25, 0.3) is 11.1 Å². The molecule has 53 heavy (non-hydrogen) atoms. The summed E-state index contributed by atoms with van der Waals surface area (Å²) in [4.78, 5) is 5.42. The number of anilines is 5. The summed E-state index contributed by atoms with van der Waals surface area (Å²) < 4.78 is 0. The Hall–Kier alpha value is -4.24. The largest absolute Gasteiger partial charge is 0.334 e. The maximum atomic E-state index is 2.78. The van der Waals surface area contributed by atoms with Crippen LogP contribution in [0.1, 0.15) is 124 Å². The van der Waals surface area contributed by atoms with Gasteiger partial charge in [0.1, 0.15) is 0 Å². The molecular weight excluding hydrogens is 639 g/mol. The molecule has 3 heterocycles. The van der Waals surface area contributed by atoms with Crippen molar-refractivity contribution in [2.75, 3.05) is 9.80 Å². The van der Waals surface area contributed by atoms with Gasteiger partial charge in [0.25, 0.3) is 0 Å². The lowest BCUT2D eigenvalue weighted by Gasteiger charge is -2.50. The normalized spacial score (nSPS) is 21.6. The van der Waals surface area contributed by atoms with E-state index in [0.29, 0.717) is 0 Å². The van der Waals surface area contributed by atoms with Gasteiger partial charge in [-0.3, -0.25) is 0 Å². The number of rotatable bonds is 2. The summed E-state index contributed by atoms with van der Waals surface area (Å²) in [5.74, 6) is 0. The van der Waals surface area contributed by atoms with Crippen LogP contribution in [0.5, 0.6) is 0 Å². The van der Waals surface area contributed by atoms with E-state index in [4.69, 9.17) is 0 Å². The summed E-state index contributed by atoms with van der Waals surface area (Å²) in [7, 11) is 0. The first kappa shape index (κ1) is 34.5. The van der Waals surface area contributed by atoms with Gasteiger partial charge in [-0.2, -0.15) is 0 Å². The monoisotopic (exact) mass is 696 g/mol. The maximum absolute atomic E-state index is 2.78. The number of nitrogens with zero attached hydrogens (tertiary/aromatic N) is 2. The van der Waals surface area contributed by atoms with E-state index < -0.39 is 0 Å². The first-order valence-electron chi connectivity index (χ1n) is 20.2. The third-order valence-electron chi connectivity index (χ3n) is 13.9. The first-order chi connectivity index (χ1) is 24.9. The Kier molecular flexibility index (Phi) is 7.27. The summed E-state index contributed by atoms with van der Waals surface area (Å²) in [5, 5.41) is 0. The van der Waals surface area contributed by atoms with E-state index in [1.54, 1.807) is 0 Å². The first-order valence-corrected chi connectivity index (χ1v) is 20.2. The molecule has 9 rings (SSSR count). The van der Waals surface area contributed by atoms with E-state index in [1.165, 1.54) is 104 Å². The van der Waals surface area contributed by atoms with Crippen molar-refractivity contribution in [1.82, 2.24) is 0 Å². The lowest BCUT2D eigenvalue weighted by molar-refractivity contribution is 0.195.